The van der Waals surface area contributed by atoms with E-state index in [1.54, 1.807) is 37.3 Å². The molecule has 0 aliphatic rings. The lowest BCUT2D eigenvalue weighted by Gasteiger charge is -2.19. The van der Waals surface area contributed by atoms with Crippen molar-refractivity contribution >= 4 is 17.8 Å². The summed E-state index contributed by atoms with van der Waals surface area (Å²) >= 11 is 0. The summed E-state index contributed by atoms with van der Waals surface area (Å²) in [5.41, 5.74) is 5.10. The molecule has 0 heterocycles. The number of benzene rings is 1. The maximum absolute atomic E-state index is 11.9. The van der Waals surface area contributed by atoms with Gasteiger partial charge in [-0.25, -0.2) is 0 Å². The smallest absolute Gasteiger partial charge is 0.306 e. The lowest BCUT2D eigenvalue weighted by Crippen LogP contribution is -2.42. The average molecular weight is 320 g/mol. The lowest BCUT2D eigenvalue weighted by atomic mass is 9.87. The van der Waals surface area contributed by atoms with Gasteiger partial charge < -0.3 is 5.11 Å². The molecule has 0 unspecified atom stereocenters. The van der Waals surface area contributed by atoms with Crippen molar-refractivity contribution < 1.29 is 19.5 Å². The van der Waals surface area contributed by atoms with Crippen LogP contribution in [0.1, 0.15) is 49.9 Å². The van der Waals surface area contributed by atoms with Crippen molar-refractivity contribution in [3.8, 4) is 0 Å². The maximum atomic E-state index is 11.9. The monoisotopic (exact) mass is 320 g/mol. The second kappa shape index (κ2) is 9.61. The minimum absolute atomic E-state index is 0.0513. The van der Waals surface area contributed by atoms with Crippen LogP contribution in [0.15, 0.2) is 30.3 Å². The molecule has 6 heteroatoms. The molecule has 3 N–H and O–H groups in total. The van der Waals surface area contributed by atoms with E-state index in [-0.39, 0.29) is 12.3 Å². The fourth-order valence-electron chi connectivity index (χ4n) is 2.35. The van der Waals surface area contributed by atoms with Gasteiger partial charge in [-0.05, 0) is 24.5 Å². The Morgan fingerprint density at radius 2 is 1.78 bits per heavy atom. The van der Waals surface area contributed by atoms with Crippen LogP contribution in [-0.2, 0) is 9.59 Å². The Balaban J connectivity index is 2.45. The van der Waals surface area contributed by atoms with Crippen molar-refractivity contribution in [1.29, 1.82) is 0 Å². The highest BCUT2D eigenvalue weighted by molar-refractivity contribution is 5.95. The van der Waals surface area contributed by atoms with Crippen molar-refractivity contribution in [2.45, 2.75) is 39.5 Å². The molecule has 6 nitrogen and oxygen atoms in total. The van der Waals surface area contributed by atoms with Crippen LogP contribution in [0.3, 0.4) is 0 Å². The highest BCUT2D eigenvalue weighted by Gasteiger charge is 2.26. The van der Waals surface area contributed by atoms with Crippen molar-refractivity contribution in [3.05, 3.63) is 35.9 Å². The molecule has 2 amide bonds. The van der Waals surface area contributed by atoms with E-state index in [1.165, 1.54) is 0 Å². The van der Waals surface area contributed by atoms with Crippen LogP contribution in [0.25, 0.3) is 0 Å². The Labute approximate surface area is 136 Å². The predicted octanol–water partition coefficient (Wildman–Crippen LogP) is 2.36. The first-order valence-corrected chi connectivity index (χ1v) is 7.82. The van der Waals surface area contributed by atoms with Crippen LogP contribution in [-0.4, -0.2) is 22.9 Å². The van der Waals surface area contributed by atoms with Crippen LogP contribution in [0.4, 0.5) is 0 Å². The van der Waals surface area contributed by atoms with Crippen LogP contribution < -0.4 is 10.9 Å². The minimum Gasteiger partial charge on any atom is -0.481 e. The molecule has 0 radical (unpaired) electrons. The third-order valence-electron chi connectivity index (χ3n) is 3.73. The summed E-state index contributed by atoms with van der Waals surface area (Å²) in [6.45, 7) is 3.74. The minimum atomic E-state index is -0.882. The summed E-state index contributed by atoms with van der Waals surface area (Å²) in [6.07, 6.45) is 2.33. The number of carboxylic acid groups (broad SMARTS) is 1. The molecular formula is C17H24N2O4. The van der Waals surface area contributed by atoms with Crippen LogP contribution in [0, 0.1) is 11.8 Å². The zero-order valence-electron chi connectivity index (χ0n) is 13.5. The third kappa shape index (κ3) is 6.50. The molecule has 1 rings (SSSR count). The van der Waals surface area contributed by atoms with Gasteiger partial charge in [0.1, 0.15) is 0 Å². The number of hydrogen-bond acceptors (Lipinski definition) is 3. The van der Waals surface area contributed by atoms with Crippen LogP contribution >= 0.6 is 0 Å². The molecule has 0 aliphatic heterocycles. The zero-order chi connectivity index (χ0) is 17.2. The largest absolute Gasteiger partial charge is 0.481 e. The molecule has 1 aromatic carbocycles. The zero-order valence-corrected chi connectivity index (χ0v) is 13.5. The van der Waals surface area contributed by atoms with E-state index in [1.807, 2.05) is 6.92 Å². The summed E-state index contributed by atoms with van der Waals surface area (Å²) in [4.78, 5) is 34.9. The normalized spacial score (nSPS) is 13.0. The third-order valence-corrected chi connectivity index (χ3v) is 3.73. The molecule has 0 saturated heterocycles. The van der Waals surface area contributed by atoms with E-state index >= 15 is 0 Å². The molecule has 0 spiro atoms. The van der Waals surface area contributed by atoms with Crippen molar-refractivity contribution in [2.24, 2.45) is 11.8 Å². The molecule has 0 bridgehead atoms. The molecular weight excluding hydrogens is 296 g/mol. The van der Waals surface area contributed by atoms with Gasteiger partial charge in [0, 0.05) is 12.0 Å². The fourth-order valence-corrected chi connectivity index (χ4v) is 2.35. The van der Waals surface area contributed by atoms with Gasteiger partial charge in [-0.15, -0.1) is 0 Å². The van der Waals surface area contributed by atoms with Gasteiger partial charge in [0.2, 0.25) is 5.91 Å². The number of carbonyl (C=O) groups excluding carboxylic acids is 2. The van der Waals surface area contributed by atoms with E-state index in [0.29, 0.717) is 12.0 Å². The average Bonchev–Trinajstić information content (AvgIpc) is 2.53. The number of hydrogen-bond donors (Lipinski definition) is 3. The molecule has 23 heavy (non-hydrogen) atoms. The number of carbonyl (C=O) groups is 3. The lowest BCUT2D eigenvalue weighted by molar-refractivity contribution is -0.144. The molecule has 1 aromatic rings. The number of rotatable bonds is 8. The van der Waals surface area contributed by atoms with Gasteiger partial charge in [-0.1, -0.05) is 44.9 Å². The summed E-state index contributed by atoms with van der Waals surface area (Å²) in [5, 5.41) is 9.25. The predicted molar refractivity (Wildman–Crippen MR) is 86.5 cm³/mol. The SMILES string of the molecule is CCCC[C@@H](C(=O)O)[C@@H](C)CC(=O)NNC(=O)c1ccccc1. The number of hydrazine groups is 1. The summed E-state index contributed by atoms with van der Waals surface area (Å²) in [6, 6.07) is 8.51. The molecule has 126 valence electrons. The van der Waals surface area contributed by atoms with E-state index in [9.17, 15) is 19.5 Å². The van der Waals surface area contributed by atoms with E-state index in [4.69, 9.17) is 0 Å². The van der Waals surface area contributed by atoms with Gasteiger partial charge >= 0.3 is 5.97 Å². The summed E-state index contributed by atoms with van der Waals surface area (Å²) in [7, 11) is 0. The van der Waals surface area contributed by atoms with Crippen molar-refractivity contribution in [3.63, 3.8) is 0 Å². The van der Waals surface area contributed by atoms with E-state index < -0.39 is 23.7 Å². The Morgan fingerprint density at radius 3 is 2.35 bits per heavy atom. The highest BCUT2D eigenvalue weighted by atomic mass is 16.4. The number of unbranched alkanes of at least 4 members (excludes halogenated alkanes) is 1. The topological polar surface area (TPSA) is 95.5 Å². The Morgan fingerprint density at radius 1 is 1.13 bits per heavy atom. The molecule has 0 aliphatic carbocycles. The molecule has 2 atom stereocenters. The number of amides is 2. The van der Waals surface area contributed by atoms with E-state index in [2.05, 4.69) is 10.9 Å². The van der Waals surface area contributed by atoms with Crippen molar-refractivity contribution in [1.82, 2.24) is 10.9 Å². The van der Waals surface area contributed by atoms with Gasteiger partial charge in [-0.2, -0.15) is 0 Å². The first-order valence-electron chi connectivity index (χ1n) is 7.82. The van der Waals surface area contributed by atoms with Gasteiger partial charge in [0.25, 0.3) is 5.91 Å². The van der Waals surface area contributed by atoms with E-state index in [0.717, 1.165) is 12.8 Å². The maximum Gasteiger partial charge on any atom is 0.306 e. The second-order valence-corrected chi connectivity index (χ2v) is 5.64. The standard InChI is InChI=1S/C17H24N2O4/c1-3-4-10-14(17(22)23)12(2)11-15(20)18-19-16(21)13-8-6-5-7-9-13/h5-9,12,14H,3-4,10-11H2,1-2H3,(H,18,20)(H,19,21)(H,22,23)/t12-,14+/m0/s1. The summed E-state index contributed by atoms with van der Waals surface area (Å²) in [5.74, 6) is -2.54. The van der Waals surface area contributed by atoms with Crippen LogP contribution in [0.2, 0.25) is 0 Å². The quantitative estimate of drug-likeness (QED) is 0.641. The van der Waals surface area contributed by atoms with Gasteiger partial charge in [0.15, 0.2) is 0 Å². The van der Waals surface area contributed by atoms with Crippen LogP contribution in [0.5, 0.6) is 0 Å². The molecule has 0 aromatic heterocycles. The fraction of sp³-hybridized carbons (Fsp3) is 0.471. The Hall–Kier alpha value is -2.37. The first-order chi connectivity index (χ1) is 11.0. The Kier molecular flexibility index (Phi) is 7.80. The second-order valence-electron chi connectivity index (χ2n) is 5.64. The molecule has 0 fully saturated rings. The summed E-state index contributed by atoms with van der Waals surface area (Å²) < 4.78 is 0. The van der Waals surface area contributed by atoms with Gasteiger partial charge in [-0.3, -0.25) is 25.2 Å². The number of aliphatic carboxylic acids is 1. The van der Waals surface area contributed by atoms with Gasteiger partial charge in [0.05, 0.1) is 5.92 Å². The number of carboxylic acids is 1. The highest BCUT2D eigenvalue weighted by Crippen LogP contribution is 2.21. The Bertz CT molecular complexity index is 531. The number of nitrogens with one attached hydrogen (secondary N) is 2. The molecule has 0 saturated carbocycles. The van der Waals surface area contributed by atoms with Crippen molar-refractivity contribution in [2.75, 3.05) is 0 Å². The first kappa shape index (κ1) is 18.7.